The second kappa shape index (κ2) is 7.91. The number of hydrogen-bond donors (Lipinski definition) is 1. The topological polar surface area (TPSA) is 106 Å². The molecule has 9 heteroatoms. The van der Waals surface area contributed by atoms with Gasteiger partial charge in [0.2, 0.25) is 15.5 Å². The van der Waals surface area contributed by atoms with Crippen molar-refractivity contribution in [2.75, 3.05) is 33.4 Å². The molecule has 0 bridgehead atoms. The quantitative estimate of drug-likeness (QED) is 0.652. The van der Waals surface area contributed by atoms with Crippen LogP contribution < -0.4 is 5.43 Å². The molecule has 0 unspecified atom stereocenters. The summed E-state index contributed by atoms with van der Waals surface area (Å²) in [7, 11) is -2.70. The Hall–Kier alpha value is -1.71. The van der Waals surface area contributed by atoms with Crippen LogP contribution in [0.15, 0.2) is 28.2 Å². The summed E-state index contributed by atoms with van der Waals surface area (Å²) in [5.41, 5.74) is -0.653. The maximum atomic E-state index is 12.4. The molecular weight excluding hydrogens is 300 g/mol. The third-order valence-electron chi connectivity index (χ3n) is 2.56. The molecule has 1 aromatic rings. The van der Waals surface area contributed by atoms with Crippen molar-refractivity contribution in [3.8, 4) is 0 Å². The van der Waals surface area contributed by atoms with Gasteiger partial charge in [0.15, 0.2) is 0 Å². The van der Waals surface area contributed by atoms with E-state index in [2.05, 4.69) is 4.98 Å². The number of sulfonamides is 1. The third kappa shape index (κ3) is 4.66. The Morgan fingerprint density at radius 3 is 2.71 bits per heavy atom. The standard InChI is InChI=1S/C12H18N2O6S/c1-3-20-12(16)9-14(6-7-19-2)21(17,18)11-8-13-5-4-10(11)15/h4-5,8H,3,6-7,9H2,1-2H3,(H,13,15). The van der Waals surface area contributed by atoms with Crippen LogP contribution in [0.5, 0.6) is 0 Å². The minimum absolute atomic E-state index is 0.0635. The molecule has 0 aliphatic rings. The maximum Gasteiger partial charge on any atom is 0.321 e. The number of ether oxygens (including phenoxy) is 2. The van der Waals surface area contributed by atoms with Crippen LogP contribution in [-0.2, 0) is 24.3 Å². The van der Waals surface area contributed by atoms with Crippen molar-refractivity contribution in [1.29, 1.82) is 0 Å². The summed E-state index contributed by atoms with van der Waals surface area (Å²) in [5, 5.41) is 0. The number of hydrogen-bond acceptors (Lipinski definition) is 6. The second-order valence-electron chi connectivity index (χ2n) is 4.01. The number of aromatic amines is 1. The molecule has 1 aromatic heterocycles. The SMILES string of the molecule is CCOC(=O)CN(CCOC)S(=O)(=O)c1c[nH]ccc1=O. The first-order valence-corrected chi connectivity index (χ1v) is 7.69. The van der Waals surface area contributed by atoms with Crippen LogP contribution in [-0.4, -0.2) is 57.1 Å². The number of carbonyl (C=O) groups excluding carboxylic acids is 1. The van der Waals surface area contributed by atoms with E-state index in [1.54, 1.807) is 6.92 Å². The molecule has 8 nitrogen and oxygen atoms in total. The lowest BCUT2D eigenvalue weighted by Crippen LogP contribution is -2.40. The Labute approximate surface area is 122 Å². The van der Waals surface area contributed by atoms with E-state index in [0.29, 0.717) is 0 Å². The Morgan fingerprint density at radius 2 is 2.14 bits per heavy atom. The van der Waals surface area contributed by atoms with Gasteiger partial charge < -0.3 is 14.5 Å². The van der Waals surface area contributed by atoms with Gasteiger partial charge in [-0.05, 0) is 6.92 Å². The highest BCUT2D eigenvalue weighted by atomic mass is 32.2. The van der Waals surface area contributed by atoms with E-state index in [9.17, 15) is 18.0 Å². The lowest BCUT2D eigenvalue weighted by atomic mass is 10.5. The fraction of sp³-hybridized carbons (Fsp3) is 0.500. The summed E-state index contributed by atoms with van der Waals surface area (Å²) in [6.45, 7) is 1.31. The first-order chi connectivity index (χ1) is 9.93. The fourth-order valence-electron chi connectivity index (χ4n) is 1.57. The van der Waals surface area contributed by atoms with Gasteiger partial charge >= 0.3 is 5.97 Å². The smallest absolute Gasteiger partial charge is 0.321 e. The lowest BCUT2D eigenvalue weighted by molar-refractivity contribution is -0.143. The Kier molecular flexibility index (Phi) is 6.53. The van der Waals surface area contributed by atoms with Crippen molar-refractivity contribution in [3.05, 3.63) is 28.7 Å². The molecule has 0 amide bonds. The molecule has 0 aromatic carbocycles. The summed E-state index contributed by atoms with van der Waals surface area (Å²) in [5.74, 6) is -0.690. The average molecular weight is 318 g/mol. The Morgan fingerprint density at radius 1 is 1.43 bits per heavy atom. The van der Waals surface area contributed by atoms with Crippen LogP contribution in [0.2, 0.25) is 0 Å². The zero-order valence-corrected chi connectivity index (χ0v) is 12.7. The number of nitrogens with one attached hydrogen (secondary N) is 1. The number of H-pyrrole nitrogens is 1. The van der Waals surface area contributed by atoms with Gasteiger partial charge in [-0.2, -0.15) is 4.31 Å². The first-order valence-electron chi connectivity index (χ1n) is 6.25. The predicted molar refractivity (Wildman–Crippen MR) is 74.3 cm³/mol. The van der Waals surface area contributed by atoms with E-state index in [1.165, 1.54) is 13.3 Å². The van der Waals surface area contributed by atoms with E-state index in [1.807, 2.05) is 0 Å². The first kappa shape index (κ1) is 17.3. The van der Waals surface area contributed by atoms with Gasteiger partial charge in [0.05, 0.1) is 13.2 Å². The zero-order chi connectivity index (χ0) is 15.9. The van der Waals surface area contributed by atoms with Gasteiger partial charge in [0.1, 0.15) is 11.4 Å². The van der Waals surface area contributed by atoms with E-state index in [-0.39, 0.29) is 19.8 Å². The second-order valence-corrected chi connectivity index (χ2v) is 5.92. The zero-order valence-electron chi connectivity index (χ0n) is 11.9. The Balaban J connectivity index is 3.09. The molecule has 0 saturated heterocycles. The monoisotopic (exact) mass is 318 g/mol. The molecule has 0 saturated carbocycles. The van der Waals surface area contributed by atoms with Gasteiger partial charge in [-0.3, -0.25) is 9.59 Å². The van der Waals surface area contributed by atoms with Gasteiger partial charge in [0.25, 0.3) is 0 Å². The average Bonchev–Trinajstić information content (AvgIpc) is 2.43. The van der Waals surface area contributed by atoms with Gasteiger partial charge in [-0.1, -0.05) is 0 Å². The molecule has 0 aliphatic heterocycles. The minimum atomic E-state index is -4.11. The normalized spacial score (nSPS) is 11.6. The molecule has 1 heterocycles. The van der Waals surface area contributed by atoms with Crippen LogP contribution in [0, 0.1) is 0 Å². The van der Waals surface area contributed by atoms with Crippen molar-refractivity contribution >= 4 is 16.0 Å². The van der Waals surface area contributed by atoms with E-state index in [0.717, 1.165) is 16.6 Å². The number of rotatable bonds is 8. The molecule has 0 fully saturated rings. The highest BCUT2D eigenvalue weighted by Gasteiger charge is 2.28. The van der Waals surface area contributed by atoms with Crippen molar-refractivity contribution in [2.45, 2.75) is 11.8 Å². The molecule has 1 rings (SSSR count). The van der Waals surface area contributed by atoms with Crippen LogP contribution >= 0.6 is 0 Å². The van der Waals surface area contributed by atoms with Gasteiger partial charge in [-0.15, -0.1) is 0 Å². The molecule has 1 N–H and O–H groups in total. The molecule has 0 atom stereocenters. The van der Waals surface area contributed by atoms with E-state index >= 15 is 0 Å². The summed E-state index contributed by atoms with van der Waals surface area (Å²) in [4.78, 5) is 25.3. The maximum absolute atomic E-state index is 12.4. The number of methoxy groups -OCH3 is 1. The number of pyridine rings is 1. The largest absolute Gasteiger partial charge is 0.465 e. The highest BCUT2D eigenvalue weighted by molar-refractivity contribution is 7.89. The molecule has 0 radical (unpaired) electrons. The summed E-state index contributed by atoms with van der Waals surface area (Å²) in [6, 6.07) is 1.10. The van der Waals surface area contributed by atoms with Gasteiger partial charge in [0, 0.05) is 32.1 Å². The van der Waals surface area contributed by atoms with Crippen LogP contribution in [0.25, 0.3) is 0 Å². The van der Waals surface area contributed by atoms with Crippen molar-refractivity contribution in [1.82, 2.24) is 9.29 Å². The van der Waals surface area contributed by atoms with E-state index in [4.69, 9.17) is 9.47 Å². The van der Waals surface area contributed by atoms with Crippen LogP contribution in [0.3, 0.4) is 0 Å². The molecule has 0 spiro atoms. The van der Waals surface area contributed by atoms with Crippen molar-refractivity contribution < 1.29 is 22.7 Å². The predicted octanol–water partition coefficient (Wildman–Crippen LogP) is -0.425. The third-order valence-corrected chi connectivity index (χ3v) is 4.43. The van der Waals surface area contributed by atoms with Crippen LogP contribution in [0.1, 0.15) is 6.92 Å². The summed E-state index contributed by atoms with van der Waals surface area (Å²) >= 11 is 0. The molecular formula is C12H18N2O6S. The van der Waals surface area contributed by atoms with Gasteiger partial charge in [-0.25, -0.2) is 8.42 Å². The highest BCUT2D eigenvalue weighted by Crippen LogP contribution is 2.10. The number of nitrogens with zero attached hydrogens (tertiary/aromatic N) is 1. The molecule has 118 valence electrons. The number of esters is 1. The van der Waals surface area contributed by atoms with Crippen molar-refractivity contribution in [3.63, 3.8) is 0 Å². The summed E-state index contributed by atoms with van der Waals surface area (Å²) < 4.78 is 35.3. The summed E-state index contributed by atoms with van der Waals surface area (Å²) in [6.07, 6.45) is 2.41. The molecule has 0 aliphatic carbocycles. The number of aromatic nitrogens is 1. The number of carbonyl (C=O) groups is 1. The van der Waals surface area contributed by atoms with E-state index < -0.39 is 32.9 Å². The van der Waals surface area contributed by atoms with Crippen molar-refractivity contribution in [2.24, 2.45) is 0 Å². The molecule has 21 heavy (non-hydrogen) atoms. The fourth-order valence-corrected chi connectivity index (χ4v) is 2.98. The minimum Gasteiger partial charge on any atom is -0.465 e. The Bertz CT molecular complexity index is 625. The van der Waals surface area contributed by atoms with Crippen LogP contribution in [0.4, 0.5) is 0 Å². The lowest BCUT2D eigenvalue weighted by Gasteiger charge is -2.20.